The fourth-order valence-corrected chi connectivity index (χ4v) is 3.74. The van der Waals surface area contributed by atoms with Crippen molar-refractivity contribution in [1.82, 2.24) is 0 Å². The SMILES string of the molecule is CCc1ccc([C@H]2OCOc3cccc(OC4OC(CO)C(O)C(O)C4O)c32)cc1. The molecule has 2 aromatic carbocycles. The summed E-state index contributed by atoms with van der Waals surface area (Å²) < 4.78 is 22.9. The van der Waals surface area contributed by atoms with Gasteiger partial charge >= 0.3 is 0 Å². The molecule has 2 aromatic rings. The van der Waals surface area contributed by atoms with Crippen molar-refractivity contribution in [1.29, 1.82) is 0 Å². The van der Waals surface area contributed by atoms with Crippen LogP contribution in [0.15, 0.2) is 42.5 Å². The van der Waals surface area contributed by atoms with Crippen molar-refractivity contribution < 1.29 is 39.4 Å². The van der Waals surface area contributed by atoms with Crippen LogP contribution >= 0.6 is 0 Å². The third-order valence-electron chi connectivity index (χ3n) is 5.52. The van der Waals surface area contributed by atoms with Gasteiger partial charge in [-0.1, -0.05) is 37.3 Å². The van der Waals surface area contributed by atoms with Crippen LogP contribution in [0.1, 0.15) is 29.7 Å². The Hall–Kier alpha value is -2.20. The first-order valence-corrected chi connectivity index (χ1v) is 9.96. The first kappa shape index (κ1) is 21.0. The third-order valence-corrected chi connectivity index (χ3v) is 5.52. The summed E-state index contributed by atoms with van der Waals surface area (Å²) in [5.41, 5.74) is 2.75. The standard InChI is InChI=1S/C22H26O8/c1-2-12-6-8-13(9-7-12)21-17-14(27-11-28-21)4-3-5-15(17)29-22-20(26)19(25)18(24)16(10-23)30-22/h3-9,16,18-26H,2,10-11H2,1H3/t16?,18?,19?,20?,21-,22?/m1/s1. The molecule has 0 amide bonds. The molecule has 6 atom stereocenters. The van der Waals surface area contributed by atoms with E-state index in [4.69, 9.17) is 18.9 Å². The van der Waals surface area contributed by atoms with Gasteiger partial charge in [-0.2, -0.15) is 0 Å². The van der Waals surface area contributed by atoms with Crippen LogP contribution in [0.5, 0.6) is 11.5 Å². The highest BCUT2D eigenvalue weighted by molar-refractivity contribution is 5.50. The van der Waals surface area contributed by atoms with E-state index in [1.165, 1.54) is 5.56 Å². The number of hydrogen-bond acceptors (Lipinski definition) is 8. The lowest BCUT2D eigenvalue weighted by Crippen LogP contribution is -2.60. The molecule has 2 heterocycles. The molecule has 30 heavy (non-hydrogen) atoms. The Labute approximate surface area is 174 Å². The molecule has 0 bridgehead atoms. The van der Waals surface area contributed by atoms with Gasteiger partial charge in [-0.25, -0.2) is 0 Å². The Morgan fingerprint density at radius 2 is 1.77 bits per heavy atom. The lowest BCUT2D eigenvalue weighted by Gasteiger charge is -2.40. The average Bonchev–Trinajstić information content (AvgIpc) is 2.79. The van der Waals surface area contributed by atoms with Gasteiger partial charge in [0.05, 0.1) is 12.2 Å². The Balaban J connectivity index is 1.65. The van der Waals surface area contributed by atoms with Gasteiger partial charge < -0.3 is 39.4 Å². The molecule has 1 fully saturated rings. The van der Waals surface area contributed by atoms with Gasteiger partial charge in [0.2, 0.25) is 6.29 Å². The maximum absolute atomic E-state index is 10.3. The summed E-state index contributed by atoms with van der Waals surface area (Å²) in [6, 6.07) is 13.3. The van der Waals surface area contributed by atoms with Crippen LogP contribution < -0.4 is 9.47 Å². The van der Waals surface area contributed by atoms with Crippen LogP contribution in [0.3, 0.4) is 0 Å². The molecule has 8 heteroatoms. The monoisotopic (exact) mass is 418 g/mol. The van der Waals surface area contributed by atoms with Gasteiger partial charge in [-0.3, -0.25) is 0 Å². The van der Waals surface area contributed by atoms with Gasteiger partial charge in [0.15, 0.2) is 6.79 Å². The Morgan fingerprint density at radius 1 is 1.00 bits per heavy atom. The van der Waals surface area contributed by atoms with Crippen molar-refractivity contribution in [3.8, 4) is 11.5 Å². The largest absolute Gasteiger partial charge is 0.467 e. The molecule has 0 radical (unpaired) electrons. The van der Waals surface area contributed by atoms with E-state index in [0.29, 0.717) is 17.1 Å². The molecule has 0 spiro atoms. The number of ether oxygens (including phenoxy) is 4. The van der Waals surface area contributed by atoms with Crippen LogP contribution in [0, 0.1) is 0 Å². The van der Waals surface area contributed by atoms with Crippen LogP contribution in [0.2, 0.25) is 0 Å². The summed E-state index contributed by atoms with van der Waals surface area (Å²) in [6.45, 7) is 1.63. The molecular formula is C22H26O8. The molecule has 1 saturated heterocycles. The smallest absolute Gasteiger partial charge is 0.229 e. The summed E-state index contributed by atoms with van der Waals surface area (Å²) in [6.07, 6.45) is -6.37. The van der Waals surface area contributed by atoms with Gasteiger partial charge in [-0.15, -0.1) is 0 Å². The number of fused-ring (bicyclic) bond motifs is 1. The second-order valence-electron chi connectivity index (χ2n) is 7.39. The molecule has 4 rings (SSSR count). The summed E-state index contributed by atoms with van der Waals surface area (Å²) in [4.78, 5) is 0. The molecule has 0 aromatic heterocycles. The number of hydrogen-bond donors (Lipinski definition) is 4. The third kappa shape index (κ3) is 3.90. The highest BCUT2D eigenvalue weighted by Crippen LogP contribution is 2.43. The maximum atomic E-state index is 10.3. The number of rotatable bonds is 5. The molecule has 162 valence electrons. The van der Waals surface area contributed by atoms with Crippen molar-refractivity contribution in [2.75, 3.05) is 13.4 Å². The predicted octanol–water partition coefficient (Wildman–Crippen LogP) is 0.884. The predicted molar refractivity (Wildman–Crippen MR) is 105 cm³/mol. The van der Waals surface area contributed by atoms with Crippen LogP contribution in [-0.4, -0.2) is 64.5 Å². The molecule has 0 aliphatic carbocycles. The van der Waals surface area contributed by atoms with Gasteiger partial charge in [0.25, 0.3) is 0 Å². The fourth-order valence-electron chi connectivity index (χ4n) is 3.74. The fraction of sp³-hybridized carbons (Fsp3) is 0.455. The van der Waals surface area contributed by atoms with Crippen molar-refractivity contribution in [2.24, 2.45) is 0 Å². The van der Waals surface area contributed by atoms with E-state index in [1.807, 2.05) is 24.3 Å². The van der Waals surface area contributed by atoms with Crippen molar-refractivity contribution in [2.45, 2.75) is 50.2 Å². The molecule has 2 aliphatic rings. The molecular weight excluding hydrogens is 392 g/mol. The van der Waals surface area contributed by atoms with E-state index >= 15 is 0 Å². The summed E-state index contributed by atoms with van der Waals surface area (Å²) in [5, 5.41) is 39.7. The summed E-state index contributed by atoms with van der Waals surface area (Å²) in [5.74, 6) is 0.925. The zero-order valence-corrected chi connectivity index (χ0v) is 16.5. The van der Waals surface area contributed by atoms with Gasteiger partial charge in [-0.05, 0) is 29.7 Å². The minimum atomic E-state index is -1.52. The quantitative estimate of drug-likeness (QED) is 0.565. The van der Waals surface area contributed by atoms with Crippen LogP contribution in [0.25, 0.3) is 0 Å². The Bertz CT molecular complexity index is 853. The van der Waals surface area contributed by atoms with E-state index in [1.54, 1.807) is 18.2 Å². The second-order valence-corrected chi connectivity index (χ2v) is 7.39. The highest BCUT2D eigenvalue weighted by Gasteiger charge is 2.45. The minimum Gasteiger partial charge on any atom is -0.467 e. The molecule has 8 nitrogen and oxygen atoms in total. The van der Waals surface area contributed by atoms with Crippen LogP contribution in [-0.2, 0) is 15.9 Å². The van der Waals surface area contributed by atoms with E-state index in [2.05, 4.69) is 6.92 Å². The molecule has 5 unspecified atom stereocenters. The van der Waals surface area contributed by atoms with Crippen molar-refractivity contribution >= 4 is 0 Å². The van der Waals surface area contributed by atoms with Crippen molar-refractivity contribution in [3.63, 3.8) is 0 Å². The first-order chi connectivity index (χ1) is 14.5. The van der Waals surface area contributed by atoms with Crippen molar-refractivity contribution in [3.05, 3.63) is 59.2 Å². The first-order valence-electron chi connectivity index (χ1n) is 9.96. The van der Waals surface area contributed by atoms with E-state index in [-0.39, 0.29) is 6.79 Å². The highest BCUT2D eigenvalue weighted by atomic mass is 16.7. The van der Waals surface area contributed by atoms with E-state index < -0.39 is 43.4 Å². The van der Waals surface area contributed by atoms with Gasteiger partial charge in [0, 0.05) is 0 Å². The normalized spacial score (nSPS) is 31.0. The summed E-state index contributed by atoms with van der Waals surface area (Å²) in [7, 11) is 0. The van der Waals surface area contributed by atoms with E-state index in [9.17, 15) is 20.4 Å². The number of benzene rings is 2. The lowest BCUT2D eigenvalue weighted by molar-refractivity contribution is -0.277. The Morgan fingerprint density at radius 3 is 2.47 bits per heavy atom. The minimum absolute atomic E-state index is 0.0801. The van der Waals surface area contributed by atoms with Crippen LogP contribution in [0.4, 0.5) is 0 Å². The topological polar surface area (TPSA) is 118 Å². The lowest BCUT2D eigenvalue weighted by atomic mass is 9.97. The number of aryl methyl sites for hydroxylation is 1. The number of aliphatic hydroxyl groups excluding tert-OH is 4. The molecule has 4 N–H and O–H groups in total. The maximum Gasteiger partial charge on any atom is 0.229 e. The second kappa shape index (κ2) is 8.89. The molecule has 0 saturated carbocycles. The van der Waals surface area contributed by atoms with E-state index in [0.717, 1.165) is 12.0 Å². The molecule has 2 aliphatic heterocycles. The summed E-state index contributed by atoms with van der Waals surface area (Å²) >= 11 is 0. The zero-order valence-electron chi connectivity index (χ0n) is 16.5. The zero-order chi connectivity index (χ0) is 21.3. The Kier molecular flexibility index (Phi) is 6.24. The van der Waals surface area contributed by atoms with Gasteiger partial charge in [0.1, 0.15) is 42.0 Å². The number of aliphatic hydroxyl groups is 4. The average molecular weight is 418 g/mol.